The van der Waals surface area contributed by atoms with E-state index in [1.165, 1.54) is 0 Å². The summed E-state index contributed by atoms with van der Waals surface area (Å²) < 4.78 is 22.8. The van der Waals surface area contributed by atoms with Crippen LogP contribution in [0.1, 0.15) is 26.2 Å². The molecule has 17 heavy (non-hydrogen) atoms. The van der Waals surface area contributed by atoms with Crippen LogP contribution >= 0.6 is 0 Å². The molecule has 2 unspecified atom stereocenters. The first-order valence-corrected chi connectivity index (χ1v) is 8.07. The van der Waals surface area contributed by atoms with Crippen molar-refractivity contribution in [3.8, 4) is 0 Å². The first kappa shape index (κ1) is 12.8. The monoisotopic (exact) mass is 260 g/mol. The quantitative estimate of drug-likeness (QED) is 0.771. The predicted molar refractivity (Wildman–Crippen MR) is 65.2 cm³/mol. The van der Waals surface area contributed by atoms with Crippen LogP contribution in [0.15, 0.2) is 0 Å². The highest BCUT2D eigenvalue weighted by molar-refractivity contribution is 7.91. The number of nitrogens with one attached hydrogen (secondary N) is 1. The number of amides is 1. The van der Waals surface area contributed by atoms with Gasteiger partial charge in [0.2, 0.25) is 5.91 Å². The number of hydrogen-bond donors (Lipinski definition) is 1. The third kappa shape index (κ3) is 2.98. The summed E-state index contributed by atoms with van der Waals surface area (Å²) in [7, 11) is -2.84. The van der Waals surface area contributed by atoms with Crippen LogP contribution in [0.25, 0.3) is 0 Å². The summed E-state index contributed by atoms with van der Waals surface area (Å²) in [6.45, 7) is 3.07. The van der Waals surface area contributed by atoms with Gasteiger partial charge in [-0.05, 0) is 18.8 Å². The normalized spacial score (nSPS) is 32.3. The molecule has 0 spiro atoms. The molecule has 0 bridgehead atoms. The largest absolute Gasteiger partial charge is 0.326 e. The first-order valence-electron chi connectivity index (χ1n) is 6.25. The molecule has 6 heteroatoms. The summed E-state index contributed by atoms with van der Waals surface area (Å²) in [5.41, 5.74) is 0. The highest BCUT2D eigenvalue weighted by Crippen LogP contribution is 2.22. The molecule has 0 aromatic carbocycles. The Morgan fingerprint density at radius 1 is 1.47 bits per heavy atom. The first-order chi connectivity index (χ1) is 8.02. The van der Waals surface area contributed by atoms with E-state index in [4.69, 9.17) is 0 Å². The molecule has 0 aliphatic carbocycles. The van der Waals surface area contributed by atoms with Gasteiger partial charge in [0, 0.05) is 6.54 Å². The van der Waals surface area contributed by atoms with Crippen molar-refractivity contribution in [2.24, 2.45) is 5.92 Å². The maximum Gasteiger partial charge on any atom is 0.237 e. The fourth-order valence-electron chi connectivity index (χ4n) is 2.65. The molecular weight excluding hydrogens is 240 g/mol. The van der Waals surface area contributed by atoms with Crippen molar-refractivity contribution < 1.29 is 13.2 Å². The Hall–Kier alpha value is -0.620. The Bertz CT molecular complexity index is 394. The number of sulfone groups is 1. The summed E-state index contributed by atoms with van der Waals surface area (Å²) in [6.07, 6.45) is 2.76. The van der Waals surface area contributed by atoms with Crippen LogP contribution in [0.2, 0.25) is 0 Å². The Morgan fingerprint density at radius 2 is 2.24 bits per heavy atom. The zero-order valence-corrected chi connectivity index (χ0v) is 11.0. The molecule has 2 heterocycles. The van der Waals surface area contributed by atoms with E-state index in [1.807, 2.05) is 4.90 Å². The summed E-state index contributed by atoms with van der Waals surface area (Å²) in [4.78, 5) is 13.6. The fourth-order valence-corrected chi connectivity index (χ4v) is 4.49. The lowest BCUT2D eigenvalue weighted by Crippen LogP contribution is -2.40. The lowest BCUT2D eigenvalue weighted by Gasteiger charge is -2.26. The summed E-state index contributed by atoms with van der Waals surface area (Å²) in [5.74, 6) is 0.761. The van der Waals surface area contributed by atoms with E-state index in [0.717, 1.165) is 12.8 Å². The highest BCUT2D eigenvalue weighted by atomic mass is 32.2. The summed E-state index contributed by atoms with van der Waals surface area (Å²) in [5, 5.41) is 3.18. The molecule has 2 atom stereocenters. The van der Waals surface area contributed by atoms with Crippen molar-refractivity contribution in [1.82, 2.24) is 10.2 Å². The second-order valence-electron chi connectivity index (χ2n) is 5.00. The third-order valence-electron chi connectivity index (χ3n) is 3.53. The van der Waals surface area contributed by atoms with Crippen LogP contribution in [0.3, 0.4) is 0 Å². The van der Waals surface area contributed by atoms with Gasteiger partial charge in [0.25, 0.3) is 0 Å². The van der Waals surface area contributed by atoms with E-state index in [2.05, 4.69) is 12.2 Å². The van der Waals surface area contributed by atoms with Crippen molar-refractivity contribution in [2.45, 2.75) is 32.4 Å². The average Bonchev–Trinajstić information content (AvgIpc) is 2.75. The Kier molecular flexibility index (Phi) is 3.73. The second kappa shape index (κ2) is 4.94. The van der Waals surface area contributed by atoms with E-state index in [-0.39, 0.29) is 29.5 Å². The van der Waals surface area contributed by atoms with Crippen molar-refractivity contribution in [2.75, 3.05) is 24.6 Å². The molecule has 98 valence electrons. The fraction of sp³-hybridized carbons (Fsp3) is 0.909. The minimum atomic E-state index is -2.84. The minimum absolute atomic E-state index is 0.104. The average molecular weight is 260 g/mol. The zero-order valence-electron chi connectivity index (χ0n) is 10.2. The van der Waals surface area contributed by atoms with Gasteiger partial charge in [-0.3, -0.25) is 10.1 Å². The number of hydrogen-bond acceptors (Lipinski definition) is 4. The lowest BCUT2D eigenvalue weighted by atomic mass is 10.1. The Labute approximate surface area is 102 Å². The van der Waals surface area contributed by atoms with E-state index in [0.29, 0.717) is 19.5 Å². The molecule has 2 aliphatic rings. The molecule has 1 N–H and O–H groups in total. The standard InChI is InChI=1S/C11H20N2O3S/c1-2-3-10-12-6-11(14)13(10)7-9-4-5-17(15,16)8-9/h9-10,12H,2-8H2,1H3. The van der Waals surface area contributed by atoms with Crippen molar-refractivity contribution >= 4 is 15.7 Å². The van der Waals surface area contributed by atoms with E-state index in [9.17, 15) is 13.2 Å². The molecule has 2 aliphatic heterocycles. The maximum atomic E-state index is 11.7. The van der Waals surface area contributed by atoms with Crippen molar-refractivity contribution in [3.63, 3.8) is 0 Å². The number of carbonyl (C=O) groups is 1. The summed E-state index contributed by atoms with van der Waals surface area (Å²) >= 11 is 0. The van der Waals surface area contributed by atoms with Gasteiger partial charge in [0.05, 0.1) is 24.2 Å². The topological polar surface area (TPSA) is 66.5 Å². The molecule has 0 aromatic rings. The molecule has 0 radical (unpaired) electrons. The van der Waals surface area contributed by atoms with Crippen molar-refractivity contribution in [1.29, 1.82) is 0 Å². The number of carbonyl (C=O) groups excluding carboxylic acids is 1. The van der Waals surface area contributed by atoms with Crippen LogP contribution in [0, 0.1) is 5.92 Å². The van der Waals surface area contributed by atoms with Crippen LogP contribution in [0.5, 0.6) is 0 Å². The Balaban J connectivity index is 1.95. The van der Waals surface area contributed by atoms with Gasteiger partial charge in [-0.2, -0.15) is 0 Å². The van der Waals surface area contributed by atoms with Gasteiger partial charge >= 0.3 is 0 Å². The summed E-state index contributed by atoms with van der Waals surface area (Å²) in [6, 6.07) is 0. The molecule has 2 rings (SSSR count). The van der Waals surface area contributed by atoms with Crippen LogP contribution < -0.4 is 5.32 Å². The van der Waals surface area contributed by atoms with Crippen LogP contribution in [0.4, 0.5) is 0 Å². The highest BCUT2D eigenvalue weighted by Gasteiger charge is 2.35. The molecule has 2 saturated heterocycles. The molecular formula is C11H20N2O3S. The van der Waals surface area contributed by atoms with Crippen LogP contribution in [-0.4, -0.2) is 50.0 Å². The van der Waals surface area contributed by atoms with Gasteiger partial charge in [-0.1, -0.05) is 13.3 Å². The van der Waals surface area contributed by atoms with E-state index >= 15 is 0 Å². The van der Waals surface area contributed by atoms with Gasteiger partial charge in [0.15, 0.2) is 9.84 Å². The van der Waals surface area contributed by atoms with Crippen LogP contribution in [-0.2, 0) is 14.6 Å². The van der Waals surface area contributed by atoms with Gasteiger partial charge in [-0.25, -0.2) is 8.42 Å². The smallest absolute Gasteiger partial charge is 0.237 e. The molecule has 0 saturated carbocycles. The minimum Gasteiger partial charge on any atom is -0.326 e. The predicted octanol–water partition coefficient (Wildman–Crippen LogP) is -0.0209. The van der Waals surface area contributed by atoms with Gasteiger partial charge in [-0.15, -0.1) is 0 Å². The van der Waals surface area contributed by atoms with Gasteiger partial charge < -0.3 is 4.90 Å². The van der Waals surface area contributed by atoms with Gasteiger partial charge in [0.1, 0.15) is 0 Å². The Morgan fingerprint density at radius 3 is 2.82 bits per heavy atom. The maximum absolute atomic E-state index is 11.7. The molecule has 5 nitrogen and oxygen atoms in total. The van der Waals surface area contributed by atoms with E-state index < -0.39 is 9.84 Å². The zero-order chi connectivity index (χ0) is 12.5. The number of nitrogens with zero attached hydrogens (tertiary/aromatic N) is 1. The molecule has 0 aromatic heterocycles. The third-order valence-corrected chi connectivity index (χ3v) is 5.37. The molecule has 2 fully saturated rings. The SMILES string of the molecule is CCCC1NCC(=O)N1CC1CCS(=O)(=O)C1. The molecule has 1 amide bonds. The second-order valence-corrected chi connectivity index (χ2v) is 7.23. The lowest BCUT2D eigenvalue weighted by molar-refractivity contribution is -0.128. The van der Waals surface area contributed by atoms with Crippen molar-refractivity contribution in [3.05, 3.63) is 0 Å². The number of rotatable bonds is 4. The van der Waals surface area contributed by atoms with E-state index in [1.54, 1.807) is 0 Å².